The number of amides is 5. The van der Waals surface area contributed by atoms with Crippen LogP contribution >= 0.6 is 0 Å². The Balaban J connectivity index is 0.0000231. The Hall–Kier alpha value is -7.03. The summed E-state index contributed by atoms with van der Waals surface area (Å²) in [6, 6.07) is -5.08. The molecule has 0 saturated heterocycles. The van der Waals surface area contributed by atoms with Crippen LogP contribution in [0.4, 0.5) is 4.79 Å². The van der Waals surface area contributed by atoms with Crippen molar-refractivity contribution in [2.75, 3.05) is 39.3 Å². The fraction of sp³-hybridized carbons (Fsp3) is 0.553. The topological polar surface area (TPSA) is 437 Å². The SMILES string of the molecule is N[C@@H](CCCCN(Cc1nccn1CC(=O)N(CC(=O)O)CC(=O)O)Cc1nccn1CC(=O)N(CC(=O)O)CC(=O)O)C(=O)NCCCC[C@H](NC(=O)N[C@@H](CCC(=O)O)C(=O)O)C(=O)O.[Re]. The number of unbranched alkanes of at least 4 members (excludes halogenated alkanes) is 2. The summed E-state index contributed by atoms with van der Waals surface area (Å²) in [4.78, 5) is 142. The first-order valence-corrected chi connectivity index (χ1v) is 20.5. The molecule has 0 aliphatic rings. The molecule has 0 bridgehead atoms. The maximum atomic E-state index is 13.0. The number of nitrogens with zero attached hydrogens (tertiary/aromatic N) is 7. The number of aliphatic carboxylic acids is 7. The number of aromatic nitrogens is 4. The number of urea groups is 1. The number of carboxylic acids is 7. The summed E-state index contributed by atoms with van der Waals surface area (Å²) in [7, 11) is 0. The van der Waals surface area contributed by atoms with Gasteiger partial charge in [0.2, 0.25) is 17.7 Å². The largest absolute Gasteiger partial charge is 0.481 e. The summed E-state index contributed by atoms with van der Waals surface area (Å²) in [5.41, 5.74) is 6.13. The molecule has 2 heterocycles. The Kier molecular flexibility index (Phi) is 26.3. The molecule has 0 saturated carbocycles. The molecular weight excluding hydrogens is 1080 g/mol. The van der Waals surface area contributed by atoms with E-state index in [1.54, 1.807) is 4.90 Å². The third-order valence-corrected chi connectivity index (χ3v) is 9.60. The second-order valence-corrected chi connectivity index (χ2v) is 14.9. The van der Waals surface area contributed by atoms with E-state index in [1.165, 1.54) is 33.9 Å². The molecule has 377 valence electrons. The average molecular weight is 1140 g/mol. The van der Waals surface area contributed by atoms with Crippen molar-refractivity contribution in [2.24, 2.45) is 5.73 Å². The third kappa shape index (κ3) is 22.9. The second-order valence-electron chi connectivity index (χ2n) is 14.9. The second kappa shape index (κ2) is 30.3. The zero-order chi connectivity index (χ0) is 50.2. The number of carboxylic acid groups (broad SMARTS) is 7. The first kappa shape index (κ1) is 59.0. The Morgan fingerprint density at radius 3 is 1.43 bits per heavy atom. The average Bonchev–Trinajstić information content (AvgIpc) is 3.86. The molecule has 0 aliphatic heterocycles. The van der Waals surface area contributed by atoms with Crippen LogP contribution in [0.3, 0.4) is 0 Å². The Bertz CT molecular complexity index is 1960. The zero-order valence-corrected chi connectivity index (χ0v) is 39.2. The summed E-state index contributed by atoms with van der Waals surface area (Å²) in [5.74, 6) is -11.5. The maximum absolute atomic E-state index is 13.0. The number of imidazole rings is 2. The normalized spacial score (nSPS) is 12.1. The van der Waals surface area contributed by atoms with Crippen LogP contribution in [0.5, 0.6) is 0 Å². The molecule has 0 unspecified atom stereocenters. The molecule has 0 aliphatic carbocycles. The summed E-state index contributed by atoms with van der Waals surface area (Å²) in [6.45, 7) is -4.05. The van der Waals surface area contributed by atoms with Gasteiger partial charge in [-0.3, -0.25) is 43.3 Å². The van der Waals surface area contributed by atoms with Gasteiger partial charge >= 0.3 is 47.8 Å². The number of rotatable bonds is 34. The van der Waals surface area contributed by atoms with E-state index in [0.717, 1.165) is 0 Å². The predicted octanol–water partition coefficient (Wildman–Crippen LogP) is -3.07. The summed E-state index contributed by atoms with van der Waals surface area (Å²) < 4.78 is 2.77. The molecule has 2 aromatic heterocycles. The number of carbonyl (C=O) groups excluding carboxylic acids is 4. The number of carbonyl (C=O) groups is 11. The van der Waals surface area contributed by atoms with Crippen molar-refractivity contribution < 1.29 is 109 Å². The van der Waals surface area contributed by atoms with Gasteiger partial charge in [-0.05, 0) is 45.1 Å². The Morgan fingerprint density at radius 2 is 1.01 bits per heavy atom. The fourth-order valence-electron chi connectivity index (χ4n) is 6.28. The van der Waals surface area contributed by atoms with Crippen molar-refractivity contribution in [3.63, 3.8) is 0 Å². The molecule has 29 nitrogen and oxygen atoms in total. The van der Waals surface area contributed by atoms with Crippen LogP contribution in [0.25, 0.3) is 0 Å². The van der Waals surface area contributed by atoms with Gasteiger partial charge in [-0.25, -0.2) is 24.4 Å². The smallest absolute Gasteiger partial charge is 0.326 e. The molecule has 68 heavy (non-hydrogen) atoms. The monoisotopic (exact) mass is 1140 g/mol. The molecule has 0 spiro atoms. The van der Waals surface area contributed by atoms with Crippen LogP contribution < -0.4 is 21.7 Å². The van der Waals surface area contributed by atoms with E-state index in [9.17, 15) is 83.4 Å². The Morgan fingerprint density at radius 1 is 0.588 bits per heavy atom. The first-order chi connectivity index (χ1) is 31.6. The minimum atomic E-state index is -1.57. The Labute approximate surface area is 400 Å². The van der Waals surface area contributed by atoms with E-state index in [-0.39, 0.29) is 83.9 Å². The quantitative estimate of drug-likeness (QED) is 0.0310. The van der Waals surface area contributed by atoms with Gasteiger partial charge in [0, 0.05) is 58.2 Å². The summed E-state index contributed by atoms with van der Waals surface area (Å²) in [6.07, 6.45) is 5.97. The van der Waals surface area contributed by atoms with Gasteiger partial charge in [0.25, 0.3) is 0 Å². The van der Waals surface area contributed by atoms with Crippen LogP contribution in [0.15, 0.2) is 24.8 Å². The standard InChI is InChI=1S/C38H55N11O18.Re/c39-23(35(62)42-9-3-1-6-24(36(63)64)43-38(67)44-25(37(65)66)7-8-30(52)53)5-2-4-12-45(15-26-40-10-13-46(26)17-28(50)48(19-31(54)55)20-32(56)57)16-27-41-11-14-47(27)18-29(51)49(21-33(58)59)22-34(60)61;/h10-11,13-14,23-25H,1-9,12,15-22,39H2,(H,42,62)(H,52,53)(H,54,55)(H,56,57)(H,58,59)(H,60,61)(H,63,64)(H,65,66)(H2,43,44,67);/t23-,24-,25-;/m0./s1. The van der Waals surface area contributed by atoms with Crippen molar-refractivity contribution in [3.05, 3.63) is 36.4 Å². The van der Waals surface area contributed by atoms with Crippen molar-refractivity contribution in [3.8, 4) is 0 Å². The van der Waals surface area contributed by atoms with E-state index in [2.05, 4.69) is 20.6 Å². The van der Waals surface area contributed by atoms with Gasteiger partial charge in [0.1, 0.15) is 63.0 Å². The molecule has 2 aromatic rings. The van der Waals surface area contributed by atoms with Crippen LogP contribution in [-0.4, -0.2) is 192 Å². The summed E-state index contributed by atoms with van der Waals surface area (Å²) in [5, 5.41) is 71.1. The van der Waals surface area contributed by atoms with Gasteiger partial charge in [-0.2, -0.15) is 0 Å². The van der Waals surface area contributed by atoms with Crippen molar-refractivity contribution in [1.82, 2.24) is 49.8 Å². The van der Waals surface area contributed by atoms with Gasteiger partial charge in [0.05, 0.1) is 19.1 Å². The maximum Gasteiger partial charge on any atom is 0.326 e. The zero-order valence-electron chi connectivity index (χ0n) is 36.5. The van der Waals surface area contributed by atoms with E-state index >= 15 is 0 Å². The number of hydrogen-bond donors (Lipinski definition) is 11. The van der Waals surface area contributed by atoms with Gasteiger partial charge in [0.15, 0.2) is 0 Å². The third-order valence-electron chi connectivity index (χ3n) is 9.60. The van der Waals surface area contributed by atoms with E-state index in [4.69, 9.17) is 10.8 Å². The molecule has 30 heteroatoms. The van der Waals surface area contributed by atoms with Crippen LogP contribution in [0.2, 0.25) is 0 Å². The fourth-order valence-corrected chi connectivity index (χ4v) is 6.28. The molecule has 5 amide bonds. The molecule has 3 atom stereocenters. The van der Waals surface area contributed by atoms with Gasteiger partial charge in [-0.1, -0.05) is 6.42 Å². The van der Waals surface area contributed by atoms with Crippen molar-refractivity contribution >= 4 is 65.5 Å². The van der Waals surface area contributed by atoms with E-state index in [0.29, 0.717) is 22.6 Å². The van der Waals surface area contributed by atoms with E-state index < -0.39 is 136 Å². The molecule has 1 radical (unpaired) electrons. The number of nitrogens with two attached hydrogens (primary N) is 1. The molecule has 0 aromatic carbocycles. The van der Waals surface area contributed by atoms with E-state index in [1.807, 2.05) is 5.32 Å². The number of nitrogens with one attached hydrogen (secondary N) is 3. The first-order valence-electron chi connectivity index (χ1n) is 20.5. The van der Waals surface area contributed by atoms with Crippen LogP contribution in [0.1, 0.15) is 63.0 Å². The molecular formula is C38H55N11O18Re. The minimum absolute atomic E-state index is 0. The summed E-state index contributed by atoms with van der Waals surface area (Å²) >= 11 is 0. The molecule has 0 fully saturated rings. The molecule has 12 N–H and O–H groups in total. The molecule has 2 rings (SSSR count). The predicted molar refractivity (Wildman–Crippen MR) is 222 cm³/mol. The number of hydrogen-bond acceptors (Lipinski definition) is 15. The van der Waals surface area contributed by atoms with Crippen molar-refractivity contribution in [1.29, 1.82) is 0 Å². The van der Waals surface area contributed by atoms with Gasteiger partial charge < -0.3 is 76.4 Å². The van der Waals surface area contributed by atoms with Crippen LogP contribution in [0, 0.1) is 0 Å². The van der Waals surface area contributed by atoms with Gasteiger partial charge in [-0.15, -0.1) is 0 Å². The van der Waals surface area contributed by atoms with Crippen molar-refractivity contribution in [2.45, 2.75) is 95.7 Å². The minimum Gasteiger partial charge on any atom is -0.481 e. The van der Waals surface area contributed by atoms with Crippen LogP contribution in [-0.2, 0) is 94.5 Å².